The van der Waals surface area contributed by atoms with Crippen LogP contribution < -0.4 is 0 Å². The Morgan fingerprint density at radius 1 is 1.20 bits per heavy atom. The molecule has 0 aromatic rings. The van der Waals surface area contributed by atoms with Crippen molar-refractivity contribution in [2.75, 3.05) is 19.6 Å². The van der Waals surface area contributed by atoms with Gasteiger partial charge in [0.1, 0.15) is 0 Å². The normalized spacial score (nSPS) is 23.4. The Balaban J connectivity index is 2.43. The van der Waals surface area contributed by atoms with E-state index in [1.54, 1.807) is 0 Å². The molecule has 1 heterocycles. The van der Waals surface area contributed by atoms with Gasteiger partial charge in [0.25, 0.3) is 0 Å². The summed E-state index contributed by atoms with van der Waals surface area (Å²) < 4.78 is 36.4. The Labute approximate surface area is 89.6 Å². The molecule has 0 aromatic heterocycles. The highest BCUT2D eigenvalue weighted by atomic mass is 19.4. The van der Waals surface area contributed by atoms with Crippen LogP contribution in [0, 0.1) is 11.3 Å². The molecule has 1 fully saturated rings. The van der Waals surface area contributed by atoms with Crippen LogP contribution in [-0.4, -0.2) is 30.7 Å². The monoisotopic (exact) mass is 223 g/mol. The predicted molar refractivity (Wildman–Crippen MR) is 54.7 cm³/mol. The van der Waals surface area contributed by atoms with Crippen molar-refractivity contribution < 1.29 is 13.2 Å². The average Bonchev–Trinajstić information content (AvgIpc) is 2.07. The van der Waals surface area contributed by atoms with E-state index in [9.17, 15) is 13.2 Å². The number of piperidine rings is 1. The van der Waals surface area contributed by atoms with E-state index in [1.807, 2.05) is 0 Å². The van der Waals surface area contributed by atoms with Crippen LogP contribution in [0.15, 0.2) is 0 Å². The summed E-state index contributed by atoms with van der Waals surface area (Å²) in [6, 6.07) is 0. The van der Waals surface area contributed by atoms with Crippen molar-refractivity contribution in [1.29, 1.82) is 0 Å². The Kier molecular flexibility index (Phi) is 3.69. The van der Waals surface area contributed by atoms with E-state index in [4.69, 9.17) is 0 Å². The second kappa shape index (κ2) is 4.32. The number of hydrogen-bond acceptors (Lipinski definition) is 1. The molecule has 0 spiro atoms. The fraction of sp³-hybridized carbons (Fsp3) is 1.00. The van der Waals surface area contributed by atoms with E-state index in [2.05, 4.69) is 20.8 Å². The van der Waals surface area contributed by atoms with E-state index >= 15 is 0 Å². The summed E-state index contributed by atoms with van der Waals surface area (Å²) in [6.45, 7) is 6.89. The van der Waals surface area contributed by atoms with Crippen molar-refractivity contribution in [2.24, 2.45) is 11.3 Å². The first kappa shape index (κ1) is 12.8. The highest BCUT2D eigenvalue weighted by Crippen LogP contribution is 2.38. The van der Waals surface area contributed by atoms with Crippen LogP contribution in [0.3, 0.4) is 0 Å². The SMILES string of the molecule is CC(C)C1(C)CCN(CC(F)(F)F)CC1. The number of halogens is 3. The van der Waals surface area contributed by atoms with Gasteiger partial charge < -0.3 is 0 Å². The maximum atomic E-state index is 12.1. The molecule has 0 N–H and O–H groups in total. The maximum Gasteiger partial charge on any atom is 0.401 e. The van der Waals surface area contributed by atoms with Crippen molar-refractivity contribution in [1.82, 2.24) is 4.90 Å². The summed E-state index contributed by atoms with van der Waals surface area (Å²) in [4.78, 5) is 1.52. The zero-order valence-electron chi connectivity index (χ0n) is 9.69. The third-order valence-electron chi connectivity index (χ3n) is 3.80. The molecule has 90 valence electrons. The molecule has 0 radical (unpaired) electrons. The lowest BCUT2D eigenvalue weighted by atomic mass is 9.72. The molecule has 0 aliphatic carbocycles. The van der Waals surface area contributed by atoms with Gasteiger partial charge in [-0.15, -0.1) is 0 Å². The van der Waals surface area contributed by atoms with E-state index in [0.717, 1.165) is 12.8 Å². The van der Waals surface area contributed by atoms with Crippen LogP contribution in [0.4, 0.5) is 13.2 Å². The number of nitrogens with zero attached hydrogens (tertiary/aromatic N) is 1. The van der Waals surface area contributed by atoms with Gasteiger partial charge in [0.15, 0.2) is 0 Å². The summed E-state index contributed by atoms with van der Waals surface area (Å²) in [7, 11) is 0. The second-order valence-corrected chi connectivity index (χ2v) is 5.20. The highest BCUT2D eigenvalue weighted by molar-refractivity contribution is 4.85. The van der Waals surface area contributed by atoms with Gasteiger partial charge in [-0.2, -0.15) is 13.2 Å². The van der Waals surface area contributed by atoms with E-state index in [1.165, 1.54) is 4.90 Å². The largest absolute Gasteiger partial charge is 0.401 e. The molecule has 1 saturated heterocycles. The van der Waals surface area contributed by atoms with Gasteiger partial charge in [0.2, 0.25) is 0 Å². The molecular formula is C11H20F3N. The molecule has 0 saturated carbocycles. The number of rotatable bonds is 2. The molecule has 1 aliphatic rings. The Morgan fingerprint density at radius 2 is 1.67 bits per heavy atom. The Hall–Kier alpha value is -0.250. The minimum Gasteiger partial charge on any atom is -0.295 e. The van der Waals surface area contributed by atoms with Crippen LogP contribution in [0.1, 0.15) is 33.6 Å². The molecule has 15 heavy (non-hydrogen) atoms. The Bertz CT molecular complexity index is 202. The van der Waals surface area contributed by atoms with Gasteiger partial charge in [-0.05, 0) is 37.3 Å². The first-order chi connectivity index (χ1) is 6.73. The van der Waals surface area contributed by atoms with E-state index in [0.29, 0.717) is 19.0 Å². The number of alkyl halides is 3. The van der Waals surface area contributed by atoms with E-state index < -0.39 is 12.7 Å². The topological polar surface area (TPSA) is 3.24 Å². The Morgan fingerprint density at radius 3 is 2.00 bits per heavy atom. The molecule has 1 aliphatic heterocycles. The molecule has 0 atom stereocenters. The first-order valence-corrected chi connectivity index (χ1v) is 5.52. The van der Waals surface area contributed by atoms with Crippen LogP contribution >= 0.6 is 0 Å². The van der Waals surface area contributed by atoms with Gasteiger partial charge in [0, 0.05) is 0 Å². The summed E-state index contributed by atoms with van der Waals surface area (Å²) in [6.07, 6.45) is -2.30. The third kappa shape index (κ3) is 3.67. The molecule has 0 unspecified atom stereocenters. The van der Waals surface area contributed by atoms with Crippen molar-refractivity contribution in [3.63, 3.8) is 0 Å². The molecular weight excluding hydrogens is 203 g/mol. The van der Waals surface area contributed by atoms with Gasteiger partial charge in [0.05, 0.1) is 6.54 Å². The third-order valence-corrected chi connectivity index (χ3v) is 3.80. The van der Waals surface area contributed by atoms with Crippen LogP contribution in [0.2, 0.25) is 0 Å². The fourth-order valence-electron chi connectivity index (χ4n) is 2.05. The van der Waals surface area contributed by atoms with Crippen molar-refractivity contribution in [2.45, 2.75) is 39.8 Å². The first-order valence-electron chi connectivity index (χ1n) is 5.52. The highest BCUT2D eigenvalue weighted by Gasteiger charge is 2.37. The summed E-state index contributed by atoms with van der Waals surface area (Å²) in [5.41, 5.74) is 0.224. The van der Waals surface area contributed by atoms with Crippen LogP contribution in [-0.2, 0) is 0 Å². The lowest BCUT2D eigenvalue weighted by Crippen LogP contribution is -2.44. The minimum atomic E-state index is -4.05. The summed E-state index contributed by atoms with van der Waals surface area (Å²) in [5.74, 6) is 0.547. The number of likely N-dealkylation sites (tertiary alicyclic amines) is 1. The standard InChI is InChI=1S/C11H20F3N/c1-9(2)10(3)4-6-15(7-5-10)8-11(12,13)14/h9H,4-8H2,1-3H3. The summed E-state index contributed by atoms with van der Waals surface area (Å²) in [5, 5.41) is 0. The minimum absolute atomic E-state index is 0.224. The molecule has 1 rings (SSSR count). The quantitative estimate of drug-likeness (QED) is 0.694. The smallest absolute Gasteiger partial charge is 0.295 e. The molecule has 0 aromatic carbocycles. The van der Waals surface area contributed by atoms with Crippen molar-refractivity contribution in [3.8, 4) is 0 Å². The van der Waals surface area contributed by atoms with Crippen LogP contribution in [0.25, 0.3) is 0 Å². The molecule has 1 nitrogen and oxygen atoms in total. The predicted octanol–water partition coefficient (Wildman–Crippen LogP) is 3.31. The molecule has 0 amide bonds. The summed E-state index contributed by atoms with van der Waals surface area (Å²) >= 11 is 0. The van der Waals surface area contributed by atoms with Crippen LogP contribution in [0.5, 0.6) is 0 Å². The van der Waals surface area contributed by atoms with Gasteiger partial charge in [-0.3, -0.25) is 4.90 Å². The zero-order valence-corrected chi connectivity index (χ0v) is 9.69. The van der Waals surface area contributed by atoms with Gasteiger partial charge in [-0.25, -0.2) is 0 Å². The maximum absolute atomic E-state index is 12.1. The lowest BCUT2D eigenvalue weighted by molar-refractivity contribution is -0.151. The second-order valence-electron chi connectivity index (χ2n) is 5.20. The molecule has 4 heteroatoms. The van der Waals surface area contributed by atoms with Crippen molar-refractivity contribution >= 4 is 0 Å². The van der Waals surface area contributed by atoms with Gasteiger partial charge >= 0.3 is 6.18 Å². The van der Waals surface area contributed by atoms with E-state index in [-0.39, 0.29) is 5.41 Å². The lowest BCUT2D eigenvalue weighted by Gasteiger charge is -2.42. The van der Waals surface area contributed by atoms with Gasteiger partial charge in [-0.1, -0.05) is 20.8 Å². The average molecular weight is 223 g/mol. The fourth-order valence-corrected chi connectivity index (χ4v) is 2.05. The van der Waals surface area contributed by atoms with Crippen molar-refractivity contribution in [3.05, 3.63) is 0 Å². The zero-order chi connectivity index (χ0) is 11.7. The molecule has 0 bridgehead atoms. The number of hydrogen-bond donors (Lipinski definition) is 0.